The normalized spacial score (nSPS) is 23.8. The summed E-state index contributed by atoms with van der Waals surface area (Å²) in [6.45, 7) is 4.53. The van der Waals surface area contributed by atoms with Crippen molar-refractivity contribution in [3.8, 4) is 12.1 Å². The van der Waals surface area contributed by atoms with Crippen molar-refractivity contribution in [2.24, 2.45) is 0 Å². The molecule has 0 spiro atoms. The molecule has 0 aromatic heterocycles. The summed E-state index contributed by atoms with van der Waals surface area (Å²) < 4.78 is 16.9. The van der Waals surface area contributed by atoms with E-state index in [9.17, 15) is 0 Å². The minimum atomic E-state index is -0.00406. The summed E-state index contributed by atoms with van der Waals surface area (Å²) in [6, 6.07) is 4.46. The number of ether oxygens (including phenoxy) is 2. The molecule has 1 fully saturated rings. The molecule has 0 bridgehead atoms. The molecule has 1 atom stereocenters. The Morgan fingerprint density at radius 3 is 2.12 bits per heavy atom. The van der Waals surface area contributed by atoms with E-state index >= 15 is 0 Å². The van der Waals surface area contributed by atoms with Crippen LogP contribution in [0, 0.1) is 22.7 Å². The molecule has 0 saturated carbocycles. The van der Waals surface area contributed by atoms with Gasteiger partial charge in [-0.1, -0.05) is 47.0 Å². The Kier molecular flexibility index (Phi) is 10.5. The second-order valence-corrected chi connectivity index (χ2v) is 14.8. The Balaban J connectivity index is 1.25. The van der Waals surface area contributed by atoms with Crippen LogP contribution in [-0.2, 0) is 9.47 Å². The van der Waals surface area contributed by atoms with Crippen molar-refractivity contribution < 1.29 is 9.47 Å². The fraction of sp³-hybridized carbons (Fsp3) is 0.619. The van der Waals surface area contributed by atoms with Crippen LogP contribution in [0.2, 0.25) is 0 Å². The quantitative estimate of drug-likeness (QED) is 0.281. The molecule has 0 aromatic rings. The molecule has 0 radical (unpaired) electrons. The molecule has 4 rings (SSSR count). The summed E-state index contributed by atoms with van der Waals surface area (Å²) in [6.07, 6.45) is 4.50. The van der Waals surface area contributed by atoms with E-state index in [1.165, 1.54) is 33.2 Å². The van der Waals surface area contributed by atoms with Crippen LogP contribution in [-0.4, -0.2) is 55.5 Å². The van der Waals surface area contributed by atoms with Crippen molar-refractivity contribution in [3.63, 3.8) is 0 Å². The van der Waals surface area contributed by atoms with Crippen molar-refractivity contribution in [2.75, 3.05) is 44.4 Å². The average molecular weight is 544 g/mol. The van der Waals surface area contributed by atoms with Gasteiger partial charge in [0.25, 0.3) is 0 Å². The lowest BCUT2D eigenvalue weighted by atomic mass is 10.2. The molecule has 172 valence electrons. The van der Waals surface area contributed by atoms with Crippen molar-refractivity contribution >= 4 is 70.6 Å². The van der Waals surface area contributed by atoms with Crippen LogP contribution < -0.4 is 0 Å². The van der Waals surface area contributed by atoms with Gasteiger partial charge in [0.15, 0.2) is 6.29 Å². The standard InChI is InChI=1S/C21H25N3O2S6/c22-6-3-11-27-18-19(28-12-4-7-23)32-21(31-18)20-29-15-13-24(14-16(15)30-20)8-10-26-17-5-1-2-9-25-17/h17H,1-5,8-14H2. The lowest BCUT2D eigenvalue weighted by Gasteiger charge is -2.24. The number of hydrogen-bond donors (Lipinski definition) is 0. The van der Waals surface area contributed by atoms with Gasteiger partial charge in [-0.05, 0) is 19.3 Å². The van der Waals surface area contributed by atoms with Gasteiger partial charge < -0.3 is 9.47 Å². The number of nitriles is 2. The molecule has 32 heavy (non-hydrogen) atoms. The Morgan fingerprint density at radius 2 is 1.56 bits per heavy atom. The fourth-order valence-electron chi connectivity index (χ4n) is 3.37. The Hall–Kier alpha value is 0.180. The van der Waals surface area contributed by atoms with Gasteiger partial charge >= 0.3 is 0 Å². The van der Waals surface area contributed by atoms with Crippen molar-refractivity contribution in [2.45, 2.75) is 38.4 Å². The van der Waals surface area contributed by atoms with Gasteiger partial charge in [0.2, 0.25) is 0 Å². The third kappa shape index (κ3) is 7.10. The van der Waals surface area contributed by atoms with Gasteiger partial charge in [-0.2, -0.15) is 10.5 Å². The largest absolute Gasteiger partial charge is 0.353 e. The predicted molar refractivity (Wildman–Crippen MR) is 143 cm³/mol. The molecule has 11 heteroatoms. The molecule has 0 aromatic carbocycles. The maximum Gasteiger partial charge on any atom is 0.157 e. The Labute approximate surface area is 215 Å². The molecule has 4 aliphatic heterocycles. The average Bonchev–Trinajstić information content (AvgIpc) is 3.48. The minimum Gasteiger partial charge on any atom is -0.353 e. The van der Waals surface area contributed by atoms with E-state index < -0.39 is 0 Å². The van der Waals surface area contributed by atoms with E-state index in [-0.39, 0.29) is 6.29 Å². The van der Waals surface area contributed by atoms with E-state index in [1.54, 1.807) is 23.5 Å². The van der Waals surface area contributed by atoms with E-state index in [2.05, 4.69) is 17.0 Å². The molecular formula is C21H25N3O2S6. The summed E-state index contributed by atoms with van der Waals surface area (Å²) in [5, 5.41) is 17.7. The summed E-state index contributed by atoms with van der Waals surface area (Å²) in [5.41, 5.74) is 0. The first-order valence-corrected chi connectivity index (χ1v) is 15.9. The van der Waals surface area contributed by atoms with Gasteiger partial charge in [0, 0.05) is 60.4 Å². The lowest BCUT2D eigenvalue weighted by Crippen LogP contribution is -2.30. The molecular weight excluding hydrogens is 519 g/mol. The molecule has 5 nitrogen and oxygen atoms in total. The lowest BCUT2D eigenvalue weighted by molar-refractivity contribution is -0.163. The van der Waals surface area contributed by atoms with Crippen LogP contribution in [0.3, 0.4) is 0 Å². The van der Waals surface area contributed by atoms with E-state index in [4.69, 9.17) is 20.0 Å². The topological polar surface area (TPSA) is 69.3 Å². The van der Waals surface area contributed by atoms with Crippen molar-refractivity contribution in [1.29, 1.82) is 10.5 Å². The number of nitrogens with zero attached hydrogens (tertiary/aromatic N) is 3. The number of hydrogen-bond acceptors (Lipinski definition) is 11. The van der Waals surface area contributed by atoms with E-state index in [1.807, 2.05) is 47.0 Å². The highest BCUT2D eigenvalue weighted by Gasteiger charge is 2.34. The van der Waals surface area contributed by atoms with Crippen LogP contribution in [0.1, 0.15) is 32.1 Å². The molecule has 1 saturated heterocycles. The van der Waals surface area contributed by atoms with Crippen LogP contribution in [0.4, 0.5) is 0 Å². The highest BCUT2D eigenvalue weighted by molar-refractivity contribution is 8.42. The predicted octanol–water partition coefficient (Wildman–Crippen LogP) is 6.56. The van der Waals surface area contributed by atoms with Crippen LogP contribution in [0.15, 0.2) is 26.8 Å². The Bertz CT molecular complexity index is 816. The maximum atomic E-state index is 8.87. The SMILES string of the molecule is N#CCCSC1=C(SCCC#N)SC(=C2SC3=C(CN(CCOC4CCCCO4)C3)S2)S1. The van der Waals surface area contributed by atoms with Crippen molar-refractivity contribution in [1.82, 2.24) is 4.90 Å². The van der Waals surface area contributed by atoms with Gasteiger partial charge in [-0.15, -0.1) is 23.5 Å². The Morgan fingerprint density at radius 1 is 0.938 bits per heavy atom. The highest BCUT2D eigenvalue weighted by Crippen LogP contribution is 2.64. The number of rotatable bonds is 10. The van der Waals surface area contributed by atoms with Gasteiger partial charge in [-0.3, -0.25) is 4.90 Å². The van der Waals surface area contributed by atoms with Crippen LogP contribution >= 0.6 is 70.6 Å². The fourth-order valence-corrected chi connectivity index (χ4v) is 12.2. The third-order valence-corrected chi connectivity index (χ3v) is 13.6. The molecule has 4 heterocycles. The molecule has 1 unspecified atom stereocenters. The van der Waals surface area contributed by atoms with Crippen molar-refractivity contribution in [3.05, 3.63) is 26.8 Å². The summed E-state index contributed by atoms with van der Waals surface area (Å²) >= 11 is 11.1. The summed E-state index contributed by atoms with van der Waals surface area (Å²) in [7, 11) is 0. The van der Waals surface area contributed by atoms with Gasteiger partial charge in [0.1, 0.15) is 0 Å². The van der Waals surface area contributed by atoms with E-state index in [0.29, 0.717) is 12.8 Å². The minimum absolute atomic E-state index is 0.00406. The number of thioether (sulfide) groups is 6. The third-order valence-electron chi connectivity index (χ3n) is 4.92. The van der Waals surface area contributed by atoms with Crippen LogP contribution in [0.5, 0.6) is 0 Å². The molecule has 0 N–H and O–H groups in total. The summed E-state index contributed by atoms with van der Waals surface area (Å²) in [4.78, 5) is 5.43. The smallest absolute Gasteiger partial charge is 0.157 e. The zero-order chi connectivity index (χ0) is 22.2. The van der Waals surface area contributed by atoms with Gasteiger partial charge in [-0.25, -0.2) is 0 Å². The second-order valence-electron chi connectivity index (χ2n) is 7.30. The zero-order valence-corrected chi connectivity index (χ0v) is 22.6. The molecule has 0 aliphatic carbocycles. The van der Waals surface area contributed by atoms with E-state index in [0.717, 1.165) is 57.2 Å². The first-order chi connectivity index (χ1) is 15.8. The van der Waals surface area contributed by atoms with Gasteiger partial charge in [0.05, 0.1) is 35.7 Å². The maximum absolute atomic E-state index is 8.87. The molecule has 4 aliphatic rings. The molecule has 0 amide bonds. The van der Waals surface area contributed by atoms with Crippen LogP contribution in [0.25, 0.3) is 0 Å². The zero-order valence-electron chi connectivity index (χ0n) is 17.7. The monoisotopic (exact) mass is 543 g/mol. The first-order valence-electron chi connectivity index (χ1n) is 10.6. The second kappa shape index (κ2) is 13.3. The summed E-state index contributed by atoms with van der Waals surface area (Å²) in [5.74, 6) is 1.64. The first kappa shape index (κ1) is 25.3. The highest BCUT2D eigenvalue weighted by atomic mass is 32.3.